The number of hydrogen-bond acceptors (Lipinski definition) is 3. The van der Waals surface area contributed by atoms with Gasteiger partial charge in [0.2, 0.25) is 0 Å². The first-order valence-electron chi connectivity index (χ1n) is 3.76. The number of hydrogen-bond donors (Lipinski definition) is 2. The average molecular weight is 175 g/mol. The molecule has 0 radical (unpaired) electrons. The van der Waals surface area contributed by atoms with Crippen molar-refractivity contribution in [3.63, 3.8) is 0 Å². The van der Waals surface area contributed by atoms with Gasteiger partial charge in [-0.3, -0.25) is 4.79 Å². The molecule has 0 aromatic rings. The van der Waals surface area contributed by atoms with Crippen LogP contribution in [0.4, 0.5) is 0 Å². The molecule has 0 spiro atoms. The van der Waals surface area contributed by atoms with E-state index in [4.69, 9.17) is 0 Å². The molecule has 11 heavy (non-hydrogen) atoms. The Labute approximate surface area is 74.2 Å². The highest BCUT2D eigenvalue weighted by molar-refractivity contribution is 7.80. The van der Waals surface area contributed by atoms with E-state index in [9.17, 15) is 4.79 Å². The van der Waals surface area contributed by atoms with Gasteiger partial charge in [0.1, 0.15) is 5.78 Å². The third-order valence-electron chi connectivity index (χ3n) is 1.28. The van der Waals surface area contributed by atoms with Gasteiger partial charge in [0.05, 0.1) is 6.04 Å². The molecule has 0 aromatic carbocycles. The van der Waals surface area contributed by atoms with Crippen molar-refractivity contribution in [2.45, 2.75) is 39.3 Å². The summed E-state index contributed by atoms with van der Waals surface area (Å²) in [5.41, 5.74) is -0.0148. The monoisotopic (exact) mass is 175 g/mol. The van der Waals surface area contributed by atoms with Gasteiger partial charge in [-0.25, -0.2) is 0 Å². The van der Waals surface area contributed by atoms with Crippen LogP contribution in [0.3, 0.4) is 0 Å². The van der Waals surface area contributed by atoms with Crippen molar-refractivity contribution < 1.29 is 4.79 Å². The minimum absolute atomic E-state index is 0.0148. The average Bonchev–Trinajstić information content (AvgIpc) is 1.80. The van der Waals surface area contributed by atoms with Gasteiger partial charge in [-0.1, -0.05) is 0 Å². The fourth-order valence-corrected chi connectivity index (χ4v) is 1.15. The van der Waals surface area contributed by atoms with Gasteiger partial charge in [0.15, 0.2) is 0 Å². The zero-order valence-corrected chi connectivity index (χ0v) is 8.53. The quantitative estimate of drug-likeness (QED) is 0.632. The van der Waals surface area contributed by atoms with Gasteiger partial charge < -0.3 is 5.32 Å². The van der Waals surface area contributed by atoms with Crippen LogP contribution in [0.15, 0.2) is 0 Å². The van der Waals surface area contributed by atoms with Gasteiger partial charge in [0, 0.05) is 11.3 Å². The zero-order chi connectivity index (χ0) is 9.07. The van der Waals surface area contributed by atoms with E-state index in [-0.39, 0.29) is 17.4 Å². The van der Waals surface area contributed by atoms with Crippen LogP contribution in [-0.4, -0.2) is 23.1 Å². The number of carbonyl (C=O) groups excluding carboxylic acids is 1. The van der Waals surface area contributed by atoms with Crippen molar-refractivity contribution in [2.24, 2.45) is 0 Å². The molecule has 0 amide bonds. The Morgan fingerprint density at radius 3 is 2.09 bits per heavy atom. The van der Waals surface area contributed by atoms with E-state index in [0.29, 0.717) is 5.75 Å². The lowest BCUT2D eigenvalue weighted by Gasteiger charge is -2.25. The number of rotatable bonds is 3. The lowest BCUT2D eigenvalue weighted by molar-refractivity contribution is -0.118. The third kappa shape index (κ3) is 5.27. The predicted molar refractivity (Wildman–Crippen MR) is 51.2 cm³/mol. The van der Waals surface area contributed by atoms with Crippen molar-refractivity contribution >= 4 is 18.4 Å². The normalized spacial score (nSPS) is 14.6. The summed E-state index contributed by atoms with van der Waals surface area (Å²) in [4.78, 5) is 10.9. The Morgan fingerprint density at radius 1 is 1.55 bits per heavy atom. The summed E-state index contributed by atoms with van der Waals surface area (Å²) in [6.07, 6.45) is 0. The first-order chi connectivity index (χ1) is 4.87. The van der Waals surface area contributed by atoms with E-state index in [1.54, 1.807) is 6.92 Å². The molecule has 66 valence electrons. The highest BCUT2D eigenvalue weighted by atomic mass is 32.1. The second kappa shape index (κ2) is 4.12. The summed E-state index contributed by atoms with van der Waals surface area (Å²) in [5.74, 6) is 0.710. The van der Waals surface area contributed by atoms with Crippen molar-refractivity contribution in [3.05, 3.63) is 0 Å². The number of ketones is 1. The number of thiol groups is 1. The highest BCUT2D eigenvalue weighted by Gasteiger charge is 2.18. The molecule has 1 N–H and O–H groups in total. The maximum atomic E-state index is 10.9. The fraction of sp³-hybridized carbons (Fsp3) is 0.875. The maximum absolute atomic E-state index is 10.9. The van der Waals surface area contributed by atoms with E-state index < -0.39 is 0 Å². The number of carbonyl (C=O) groups is 1. The summed E-state index contributed by atoms with van der Waals surface area (Å²) >= 11 is 4.08. The Hall–Kier alpha value is -0.0200. The molecule has 0 aliphatic carbocycles. The first kappa shape index (κ1) is 11.0. The molecule has 0 saturated heterocycles. The van der Waals surface area contributed by atoms with Gasteiger partial charge in [-0.05, 0) is 27.7 Å². The van der Waals surface area contributed by atoms with E-state index in [1.165, 1.54) is 0 Å². The van der Waals surface area contributed by atoms with Crippen LogP contribution in [0.2, 0.25) is 0 Å². The van der Waals surface area contributed by atoms with E-state index in [0.717, 1.165) is 0 Å². The van der Waals surface area contributed by atoms with Crippen LogP contribution in [0.25, 0.3) is 0 Å². The fourth-order valence-electron chi connectivity index (χ4n) is 0.799. The van der Waals surface area contributed by atoms with Gasteiger partial charge in [0.25, 0.3) is 0 Å². The van der Waals surface area contributed by atoms with Crippen molar-refractivity contribution in [1.29, 1.82) is 0 Å². The SMILES string of the molecule is CC(=O)C(CS)NC(C)(C)C. The summed E-state index contributed by atoms with van der Waals surface area (Å²) in [7, 11) is 0. The second-order valence-corrected chi connectivity index (χ2v) is 4.11. The van der Waals surface area contributed by atoms with Gasteiger partial charge >= 0.3 is 0 Å². The molecule has 1 atom stereocenters. The van der Waals surface area contributed by atoms with Crippen LogP contribution < -0.4 is 5.32 Å². The molecule has 3 heteroatoms. The molecule has 0 fully saturated rings. The van der Waals surface area contributed by atoms with Gasteiger partial charge in [-0.15, -0.1) is 0 Å². The van der Waals surface area contributed by atoms with Crippen LogP contribution in [-0.2, 0) is 4.79 Å². The topological polar surface area (TPSA) is 29.1 Å². The molecule has 0 rings (SSSR count). The van der Waals surface area contributed by atoms with Crippen molar-refractivity contribution in [3.8, 4) is 0 Å². The van der Waals surface area contributed by atoms with Crippen molar-refractivity contribution in [1.82, 2.24) is 5.32 Å². The first-order valence-corrected chi connectivity index (χ1v) is 4.39. The standard InChI is InChI=1S/C8H17NOS/c1-6(10)7(5-11)9-8(2,3)4/h7,9,11H,5H2,1-4H3. The summed E-state index contributed by atoms with van der Waals surface area (Å²) in [6.45, 7) is 7.69. The maximum Gasteiger partial charge on any atom is 0.147 e. The Kier molecular flexibility index (Phi) is 4.11. The highest BCUT2D eigenvalue weighted by Crippen LogP contribution is 2.02. The predicted octanol–water partition coefficient (Wildman–Crippen LogP) is 1.26. The van der Waals surface area contributed by atoms with E-state index in [1.807, 2.05) is 20.8 Å². The zero-order valence-electron chi connectivity index (χ0n) is 7.64. The minimum Gasteiger partial charge on any atom is -0.302 e. The molecule has 1 unspecified atom stereocenters. The summed E-state index contributed by atoms with van der Waals surface area (Å²) < 4.78 is 0. The Balaban J connectivity index is 3.99. The number of nitrogens with one attached hydrogen (secondary N) is 1. The molecule has 0 aliphatic rings. The van der Waals surface area contributed by atoms with Crippen LogP contribution in [0.5, 0.6) is 0 Å². The van der Waals surface area contributed by atoms with E-state index in [2.05, 4.69) is 17.9 Å². The minimum atomic E-state index is -0.113. The number of Topliss-reactive ketones (excluding diaryl/α,β-unsaturated/α-hetero) is 1. The smallest absolute Gasteiger partial charge is 0.147 e. The summed E-state index contributed by atoms with van der Waals surface area (Å²) in [6, 6.07) is -0.113. The summed E-state index contributed by atoms with van der Waals surface area (Å²) in [5, 5.41) is 3.18. The molecular weight excluding hydrogens is 158 g/mol. The van der Waals surface area contributed by atoms with E-state index >= 15 is 0 Å². The molecule has 0 aliphatic heterocycles. The van der Waals surface area contributed by atoms with Gasteiger partial charge in [-0.2, -0.15) is 12.6 Å². The van der Waals surface area contributed by atoms with Crippen molar-refractivity contribution in [2.75, 3.05) is 5.75 Å². The molecule has 0 bridgehead atoms. The Bertz CT molecular complexity index is 140. The lowest BCUT2D eigenvalue weighted by Crippen LogP contribution is -2.48. The molecule has 0 saturated carbocycles. The Morgan fingerprint density at radius 2 is 2.00 bits per heavy atom. The van der Waals surface area contributed by atoms with Crippen LogP contribution in [0.1, 0.15) is 27.7 Å². The molecule has 0 aromatic heterocycles. The third-order valence-corrected chi connectivity index (χ3v) is 1.65. The van der Waals surface area contributed by atoms with Crippen LogP contribution in [0, 0.1) is 0 Å². The largest absolute Gasteiger partial charge is 0.302 e. The van der Waals surface area contributed by atoms with Crippen LogP contribution >= 0.6 is 12.6 Å². The molecule has 0 heterocycles. The second-order valence-electron chi connectivity index (χ2n) is 3.74. The lowest BCUT2D eigenvalue weighted by atomic mass is 10.1. The molecule has 2 nitrogen and oxygen atoms in total. The molecular formula is C8H17NOS.